The molecule has 2 aromatic rings. The van der Waals surface area contributed by atoms with Crippen molar-refractivity contribution in [1.29, 1.82) is 0 Å². The zero-order valence-electron chi connectivity index (χ0n) is 10.0. The lowest BCUT2D eigenvalue weighted by Gasteiger charge is -2.13. The topological polar surface area (TPSA) is 20.2 Å². The van der Waals surface area contributed by atoms with Crippen molar-refractivity contribution in [2.75, 3.05) is 0 Å². The second kappa shape index (κ2) is 5.58. The zero-order chi connectivity index (χ0) is 14.9. The molecule has 1 atom stereocenters. The molecule has 2 aromatic carbocycles. The number of aliphatic hydroxyl groups excluding tert-OH is 1. The van der Waals surface area contributed by atoms with E-state index in [4.69, 9.17) is 0 Å². The van der Waals surface area contributed by atoms with Crippen LogP contribution in [0.15, 0.2) is 30.3 Å². The van der Waals surface area contributed by atoms with Gasteiger partial charge in [-0.05, 0) is 29.8 Å². The van der Waals surface area contributed by atoms with Crippen LogP contribution in [0.5, 0.6) is 0 Å². The summed E-state index contributed by atoms with van der Waals surface area (Å²) < 4.78 is 65.6. The quantitative estimate of drug-likeness (QED) is 0.675. The largest absolute Gasteiger partial charge is 0.388 e. The SMILES string of the molecule is OC(Cc1cc(F)ccc1F)c1cc(F)c(F)cc1F. The van der Waals surface area contributed by atoms with Crippen molar-refractivity contribution in [3.05, 3.63) is 70.5 Å². The Morgan fingerprint density at radius 2 is 1.45 bits per heavy atom. The Balaban J connectivity index is 2.30. The molecule has 1 N–H and O–H groups in total. The predicted octanol–water partition coefficient (Wildman–Crippen LogP) is 3.66. The maximum atomic E-state index is 13.4. The van der Waals surface area contributed by atoms with Gasteiger partial charge in [-0.25, -0.2) is 22.0 Å². The Kier molecular flexibility index (Phi) is 4.04. The summed E-state index contributed by atoms with van der Waals surface area (Å²) in [7, 11) is 0. The van der Waals surface area contributed by atoms with Gasteiger partial charge >= 0.3 is 0 Å². The molecule has 0 saturated carbocycles. The fourth-order valence-electron chi connectivity index (χ4n) is 1.81. The molecular weight excluding hydrogens is 279 g/mol. The van der Waals surface area contributed by atoms with Gasteiger partial charge in [0.05, 0.1) is 6.10 Å². The first kappa shape index (κ1) is 14.5. The molecule has 0 spiro atoms. The van der Waals surface area contributed by atoms with Crippen LogP contribution in [0.2, 0.25) is 0 Å². The monoisotopic (exact) mass is 288 g/mol. The van der Waals surface area contributed by atoms with Crippen LogP contribution < -0.4 is 0 Å². The summed E-state index contributed by atoms with van der Waals surface area (Å²) in [6.45, 7) is 0. The average Bonchev–Trinajstić information content (AvgIpc) is 2.38. The molecule has 1 unspecified atom stereocenters. The van der Waals surface area contributed by atoms with E-state index in [1.807, 2.05) is 0 Å². The molecule has 0 heterocycles. The molecular formula is C14H9F5O. The van der Waals surface area contributed by atoms with E-state index in [1.165, 1.54) is 0 Å². The third kappa shape index (κ3) is 2.96. The van der Waals surface area contributed by atoms with Crippen LogP contribution in [0.25, 0.3) is 0 Å². The van der Waals surface area contributed by atoms with Crippen LogP contribution >= 0.6 is 0 Å². The second-order valence-corrected chi connectivity index (χ2v) is 4.24. The van der Waals surface area contributed by atoms with E-state index in [2.05, 4.69) is 0 Å². The van der Waals surface area contributed by atoms with Crippen molar-refractivity contribution in [3.63, 3.8) is 0 Å². The first-order chi connectivity index (χ1) is 9.38. The maximum absolute atomic E-state index is 13.4. The van der Waals surface area contributed by atoms with Crippen molar-refractivity contribution in [1.82, 2.24) is 0 Å². The highest BCUT2D eigenvalue weighted by molar-refractivity contribution is 5.26. The van der Waals surface area contributed by atoms with Gasteiger partial charge in [0.1, 0.15) is 17.5 Å². The first-order valence-electron chi connectivity index (χ1n) is 5.65. The third-order valence-corrected chi connectivity index (χ3v) is 2.82. The van der Waals surface area contributed by atoms with E-state index in [0.717, 1.165) is 18.2 Å². The van der Waals surface area contributed by atoms with E-state index < -0.39 is 47.2 Å². The molecule has 6 heteroatoms. The smallest absolute Gasteiger partial charge is 0.161 e. The van der Waals surface area contributed by atoms with Gasteiger partial charge in [0.2, 0.25) is 0 Å². The zero-order valence-corrected chi connectivity index (χ0v) is 10.0. The molecule has 0 amide bonds. The molecule has 0 radical (unpaired) electrons. The number of hydrogen-bond acceptors (Lipinski definition) is 1. The van der Waals surface area contributed by atoms with Gasteiger partial charge in [-0.3, -0.25) is 0 Å². The molecule has 20 heavy (non-hydrogen) atoms. The molecule has 0 fully saturated rings. The van der Waals surface area contributed by atoms with Gasteiger partial charge < -0.3 is 5.11 Å². The van der Waals surface area contributed by atoms with Gasteiger partial charge in [0.15, 0.2) is 11.6 Å². The van der Waals surface area contributed by atoms with Gasteiger partial charge in [0, 0.05) is 18.1 Å². The van der Waals surface area contributed by atoms with E-state index >= 15 is 0 Å². The summed E-state index contributed by atoms with van der Waals surface area (Å²) in [6, 6.07) is 3.38. The Morgan fingerprint density at radius 3 is 2.15 bits per heavy atom. The molecule has 0 aliphatic carbocycles. The number of rotatable bonds is 3. The minimum Gasteiger partial charge on any atom is -0.388 e. The fourth-order valence-corrected chi connectivity index (χ4v) is 1.81. The molecule has 0 bridgehead atoms. The first-order valence-corrected chi connectivity index (χ1v) is 5.65. The molecule has 0 aliphatic rings. The molecule has 2 rings (SSSR count). The minimum absolute atomic E-state index is 0.193. The number of hydrogen-bond donors (Lipinski definition) is 1. The maximum Gasteiger partial charge on any atom is 0.161 e. The van der Waals surface area contributed by atoms with Crippen molar-refractivity contribution < 1.29 is 27.1 Å². The summed E-state index contributed by atoms with van der Waals surface area (Å²) in [5.41, 5.74) is -0.714. The normalized spacial score (nSPS) is 12.5. The van der Waals surface area contributed by atoms with E-state index in [-0.39, 0.29) is 11.6 Å². The number of benzene rings is 2. The highest BCUT2D eigenvalue weighted by Crippen LogP contribution is 2.24. The summed E-state index contributed by atoms with van der Waals surface area (Å²) in [5, 5.41) is 9.77. The standard InChI is InChI=1S/C14H9F5O/c15-8-1-2-10(16)7(3-8)4-14(20)9-5-12(18)13(19)6-11(9)17/h1-3,5-6,14,20H,4H2. The highest BCUT2D eigenvalue weighted by atomic mass is 19.2. The molecule has 0 aliphatic heterocycles. The van der Waals surface area contributed by atoms with Crippen LogP contribution in [0.3, 0.4) is 0 Å². The van der Waals surface area contributed by atoms with Gasteiger partial charge in [0.25, 0.3) is 0 Å². The third-order valence-electron chi connectivity index (χ3n) is 2.82. The Bertz CT molecular complexity index is 642. The number of aliphatic hydroxyl groups is 1. The summed E-state index contributed by atoms with van der Waals surface area (Å²) in [6.07, 6.45) is -2.09. The lowest BCUT2D eigenvalue weighted by Crippen LogP contribution is -2.07. The molecule has 0 aromatic heterocycles. The van der Waals surface area contributed by atoms with E-state index in [1.54, 1.807) is 0 Å². The predicted molar refractivity (Wildman–Crippen MR) is 61.3 cm³/mol. The van der Waals surface area contributed by atoms with Gasteiger partial charge in [-0.1, -0.05) is 0 Å². The van der Waals surface area contributed by atoms with E-state index in [9.17, 15) is 27.1 Å². The minimum atomic E-state index is -1.62. The second-order valence-electron chi connectivity index (χ2n) is 4.24. The number of halogens is 5. The Hall–Kier alpha value is -1.95. The van der Waals surface area contributed by atoms with E-state index in [0.29, 0.717) is 6.07 Å². The van der Waals surface area contributed by atoms with Crippen molar-refractivity contribution in [2.24, 2.45) is 0 Å². The summed E-state index contributed by atoms with van der Waals surface area (Å²) >= 11 is 0. The van der Waals surface area contributed by atoms with Crippen LogP contribution in [0.1, 0.15) is 17.2 Å². The molecule has 1 nitrogen and oxygen atoms in total. The summed E-state index contributed by atoms with van der Waals surface area (Å²) in [4.78, 5) is 0. The van der Waals surface area contributed by atoms with Crippen LogP contribution in [0, 0.1) is 29.1 Å². The highest BCUT2D eigenvalue weighted by Gasteiger charge is 2.19. The van der Waals surface area contributed by atoms with Crippen LogP contribution in [0.4, 0.5) is 22.0 Å². The Morgan fingerprint density at radius 1 is 0.800 bits per heavy atom. The molecule has 106 valence electrons. The average molecular weight is 288 g/mol. The lowest BCUT2D eigenvalue weighted by atomic mass is 10.0. The van der Waals surface area contributed by atoms with Crippen molar-refractivity contribution in [3.8, 4) is 0 Å². The van der Waals surface area contributed by atoms with Crippen molar-refractivity contribution >= 4 is 0 Å². The van der Waals surface area contributed by atoms with Gasteiger partial charge in [-0.15, -0.1) is 0 Å². The fraction of sp³-hybridized carbons (Fsp3) is 0.143. The Labute approximate surface area is 111 Å². The van der Waals surface area contributed by atoms with Crippen molar-refractivity contribution in [2.45, 2.75) is 12.5 Å². The van der Waals surface area contributed by atoms with Crippen LogP contribution in [-0.2, 0) is 6.42 Å². The molecule has 0 saturated heterocycles. The van der Waals surface area contributed by atoms with Gasteiger partial charge in [-0.2, -0.15) is 0 Å². The van der Waals surface area contributed by atoms with Crippen LogP contribution in [-0.4, -0.2) is 5.11 Å². The lowest BCUT2D eigenvalue weighted by molar-refractivity contribution is 0.171. The summed E-state index contributed by atoms with van der Waals surface area (Å²) in [5.74, 6) is -5.39.